The molecule has 43 heavy (non-hydrogen) atoms. The van der Waals surface area contributed by atoms with Crippen molar-refractivity contribution in [3.05, 3.63) is 164 Å². The first-order chi connectivity index (χ1) is 21.3. The van der Waals surface area contributed by atoms with Gasteiger partial charge in [-0.25, -0.2) is 0 Å². The Morgan fingerprint density at radius 3 is 1.74 bits per heavy atom. The maximum atomic E-state index is 6.33. The summed E-state index contributed by atoms with van der Waals surface area (Å²) in [4.78, 5) is 9.08. The van der Waals surface area contributed by atoms with Crippen LogP contribution < -0.4 is 19.3 Å². The predicted molar refractivity (Wildman–Crippen MR) is 174 cm³/mol. The zero-order valence-electron chi connectivity index (χ0n) is 23.5. The molecule has 5 nitrogen and oxygen atoms in total. The molecule has 0 amide bonds. The van der Waals surface area contributed by atoms with Gasteiger partial charge in [-0.05, 0) is 83.9 Å². The first-order valence-electron chi connectivity index (χ1n) is 14.2. The summed E-state index contributed by atoms with van der Waals surface area (Å²) in [5, 5.41) is 0. The highest BCUT2D eigenvalue weighted by atomic mass is 16.5. The van der Waals surface area contributed by atoms with Gasteiger partial charge in [0.1, 0.15) is 23.0 Å². The van der Waals surface area contributed by atoms with Crippen molar-refractivity contribution in [3.8, 4) is 45.4 Å². The van der Waals surface area contributed by atoms with Gasteiger partial charge in [-0.15, -0.1) is 0 Å². The van der Waals surface area contributed by atoms with Crippen molar-refractivity contribution in [2.45, 2.75) is 0 Å². The fourth-order valence-electron chi connectivity index (χ4n) is 5.09. The third kappa shape index (κ3) is 6.11. The SMILES string of the molecule is C1=CN(c2cccc(Oc3cccc(-c4cc(-c5cccc(Oc6ccccc6)c5)ccn4)c3)c2)CN1c1ccccc1. The van der Waals surface area contributed by atoms with Gasteiger partial charge >= 0.3 is 0 Å². The Morgan fingerprint density at radius 1 is 0.442 bits per heavy atom. The van der Waals surface area contributed by atoms with Gasteiger partial charge in [0, 0.05) is 41.6 Å². The minimum absolute atomic E-state index is 0.742. The summed E-state index contributed by atoms with van der Waals surface area (Å²) in [6.45, 7) is 0.742. The lowest BCUT2D eigenvalue weighted by molar-refractivity contribution is 0.482. The minimum atomic E-state index is 0.742. The second-order valence-electron chi connectivity index (χ2n) is 10.2. The zero-order chi connectivity index (χ0) is 28.8. The molecule has 1 aromatic heterocycles. The molecule has 0 aliphatic carbocycles. The molecule has 1 aliphatic heterocycles. The molecule has 208 valence electrons. The molecular weight excluding hydrogens is 530 g/mol. The van der Waals surface area contributed by atoms with E-state index in [1.54, 1.807) is 0 Å². The van der Waals surface area contributed by atoms with Gasteiger partial charge in [0.05, 0.1) is 12.4 Å². The van der Waals surface area contributed by atoms with E-state index in [2.05, 4.69) is 81.8 Å². The monoisotopic (exact) mass is 559 g/mol. The molecule has 0 atom stereocenters. The quantitative estimate of drug-likeness (QED) is 0.186. The number of para-hydroxylation sites is 2. The molecule has 1 aliphatic rings. The number of rotatable bonds is 8. The van der Waals surface area contributed by atoms with Crippen LogP contribution in [0.4, 0.5) is 11.4 Å². The normalized spacial score (nSPS) is 12.4. The van der Waals surface area contributed by atoms with Crippen LogP contribution in [0.1, 0.15) is 0 Å². The minimum Gasteiger partial charge on any atom is -0.457 e. The van der Waals surface area contributed by atoms with E-state index in [1.165, 1.54) is 0 Å². The summed E-state index contributed by atoms with van der Waals surface area (Å²) < 4.78 is 12.4. The first kappa shape index (κ1) is 26.1. The zero-order valence-corrected chi connectivity index (χ0v) is 23.5. The Morgan fingerprint density at radius 2 is 0.977 bits per heavy atom. The van der Waals surface area contributed by atoms with Gasteiger partial charge in [-0.1, -0.05) is 66.7 Å². The lowest BCUT2D eigenvalue weighted by Crippen LogP contribution is -2.24. The molecular formula is C38H29N3O2. The molecule has 7 rings (SSSR count). The Kier molecular flexibility index (Phi) is 7.27. The van der Waals surface area contributed by atoms with E-state index < -0.39 is 0 Å². The van der Waals surface area contributed by atoms with Crippen LogP contribution >= 0.6 is 0 Å². The molecule has 0 unspecified atom stereocenters. The Hall–Kier alpha value is -5.81. The summed E-state index contributed by atoms with van der Waals surface area (Å²) in [6.07, 6.45) is 6.03. The standard InChI is InChI=1S/C38H29N3O2/c1-3-12-32(13-4-1)40-22-23-41(28-40)33-14-9-19-37(27-33)43-36-18-8-11-31(25-36)38-26-30(20-21-39-38)29-10-7-17-35(24-29)42-34-15-5-2-6-16-34/h1-27H,28H2. The van der Waals surface area contributed by atoms with Gasteiger partial charge in [0.15, 0.2) is 0 Å². The maximum absolute atomic E-state index is 6.33. The van der Waals surface area contributed by atoms with E-state index in [4.69, 9.17) is 9.47 Å². The van der Waals surface area contributed by atoms with Crippen LogP contribution in [0.25, 0.3) is 22.4 Å². The summed E-state index contributed by atoms with van der Waals surface area (Å²) in [6, 6.07) is 48.6. The number of hydrogen-bond donors (Lipinski definition) is 0. The smallest absolute Gasteiger partial charge is 0.129 e. The van der Waals surface area contributed by atoms with Crippen LogP contribution in [-0.4, -0.2) is 11.7 Å². The third-order valence-corrected chi connectivity index (χ3v) is 7.24. The van der Waals surface area contributed by atoms with Crippen molar-refractivity contribution in [1.82, 2.24) is 4.98 Å². The molecule has 5 heteroatoms. The molecule has 0 bridgehead atoms. The van der Waals surface area contributed by atoms with Crippen molar-refractivity contribution in [1.29, 1.82) is 0 Å². The number of benzene rings is 5. The molecule has 5 aromatic carbocycles. The van der Waals surface area contributed by atoms with Crippen molar-refractivity contribution < 1.29 is 9.47 Å². The number of ether oxygens (including phenoxy) is 2. The van der Waals surface area contributed by atoms with E-state index in [0.29, 0.717) is 0 Å². The number of aromatic nitrogens is 1. The van der Waals surface area contributed by atoms with E-state index in [0.717, 1.165) is 63.4 Å². The predicted octanol–water partition coefficient (Wildman–Crippen LogP) is 9.76. The Labute approximate surface area is 251 Å². The fourth-order valence-corrected chi connectivity index (χ4v) is 5.09. The second-order valence-corrected chi connectivity index (χ2v) is 10.2. The Balaban J connectivity index is 1.07. The van der Waals surface area contributed by atoms with E-state index in [-0.39, 0.29) is 0 Å². The highest BCUT2D eigenvalue weighted by Crippen LogP contribution is 2.33. The average Bonchev–Trinajstić information content (AvgIpc) is 3.57. The van der Waals surface area contributed by atoms with Crippen LogP contribution in [0.3, 0.4) is 0 Å². The molecule has 2 heterocycles. The van der Waals surface area contributed by atoms with Crippen LogP contribution in [0.15, 0.2) is 164 Å². The van der Waals surface area contributed by atoms with Gasteiger partial charge in [0.25, 0.3) is 0 Å². The summed E-state index contributed by atoms with van der Waals surface area (Å²) in [5.41, 5.74) is 6.20. The highest BCUT2D eigenvalue weighted by molar-refractivity contribution is 5.72. The average molecular weight is 560 g/mol. The molecule has 0 saturated heterocycles. The highest BCUT2D eigenvalue weighted by Gasteiger charge is 2.16. The largest absolute Gasteiger partial charge is 0.457 e. The third-order valence-electron chi connectivity index (χ3n) is 7.24. The molecule has 0 N–H and O–H groups in total. The number of pyridine rings is 1. The molecule has 0 saturated carbocycles. The van der Waals surface area contributed by atoms with Crippen molar-refractivity contribution in [3.63, 3.8) is 0 Å². The lowest BCUT2D eigenvalue weighted by Gasteiger charge is -2.22. The fraction of sp³-hybridized carbons (Fsp3) is 0.0263. The molecule has 0 radical (unpaired) electrons. The van der Waals surface area contributed by atoms with Gasteiger partial charge in [-0.3, -0.25) is 4.98 Å². The molecule has 0 spiro atoms. The summed E-state index contributed by atoms with van der Waals surface area (Å²) in [7, 11) is 0. The van der Waals surface area contributed by atoms with Crippen LogP contribution in [0.2, 0.25) is 0 Å². The summed E-state index contributed by atoms with van der Waals surface area (Å²) >= 11 is 0. The number of nitrogens with zero attached hydrogens (tertiary/aromatic N) is 3. The van der Waals surface area contributed by atoms with Crippen molar-refractivity contribution in [2.24, 2.45) is 0 Å². The van der Waals surface area contributed by atoms with Crippen molar-refractivity contribution >= 4 is 11.4 Å². The first-order valence-corrected chi connectivity index (χ1v) is 14.2. The number of hydrogen-bond acceptors (Lipinski definition) is 5. The lowest BCUT2D eigenvalue weighted by atomic mass is 10.0. The summed E-state index contributed by atoms with van der Waals surface area (Å²) in [5.74, 6) is 3.13. The second kappa shape index (κ2) is 12.0. The van der Waals surface area contributed by atoms with E-state index >= 15 is 0 Å². The van der Waals surface area contributed by atoms with Crippen LogP contribution in [0.5, 0.6) is 23.0 Å². The van der Waals surface area contributed by atoms with Crippen molar-refractivity contribution in [2.75, 3.05) is 16.5 Å². The number of anilines is 2. The van der Waals surface area contributed by atoms with Crippen LogP contribution in [-0.2, 0) is 0 Å². The van der Waals surface area contributed by atoms with E-state index in [1.807, 2.05) is 97.2 Å². The van der Waals surface area contributed by atoms with Gasteiger partial charge < -0.3 is 19.3 Å². The molecule has 0 fully saturated rings. The van der Waals surface area contributed by atoms with E-state index in [9.17, 15) is 0 Å². The van der Waals surface area contributed by atoms with Gasteiger partial charge in [-0.2, -0.15) is 0 Å². The topological polar surface area (TPSA) is 37.8 Å². The Bertz CT molecular complexity index is 1870. The van der Waals surface area contributed by atoms with Crippen LogP contribution in [0, 0.1) is 0 Å². The van der Waals surface area contributed by atoms with Gasteiger partial charge in [0.2, 0.25) is 0 Å². The molecule has 6 aromatic rings. The maximum Gasteiger partial charge on any atom is 0.129 e.